The van der Waals surface area contributed by atoms with Gasteiger partial charge in [-0.05, 0) is 0 Å². The summed E-state index contributed by atoms with van der Waals surface area (Å²) >= 11 is 2.41. The second-order valence-corrected chi connectivity index (χ2v) is 3.34. The van der Waals surface area contributed by atoms with Crippen LogP contribution in [0.15, 0.2) is 0 Å². The van der Waals surface area contributed by atoms with Crippen molar-refractivity contribution < 1.29 is 25.2 Å². The molecular weight excluding hydrogens is 219 g/mol. The molecule has 0 bridgehead atoms. The number of hydrogen-bond donors (Lipinski definition) is 4. The van der Waals surface area contributed by atoms with Gasteiger partial charge in [0.05, 0.1) is 0 Å². The molecule has 0 aliphatic carbocycles. The fraction of sp³-hybridized carbons (Fsp3) is 1.00. The Balaban J connectivity index is 2.63. The fourth-order valence-corrected chi connectivity index (χ4v) is 1.41. The van der Waals surface area contributed by atoms with E-state index in [0.717, 1.165) is 0 Å². The van der Waals surface area contributed by atoms with Crippen LogP contribution in [0.5, 0.6) is 0 Å². The molecule has 1 aliphatic rings. The first-order valence-electron chi connectivity index (χ1n) is 3.07. The van der Waals surface area contributed by atoms with Crippen LogP contribution in [0.3, 0.4) is 0 Å². The Labute approximate surface area is 71.4 Å². The molecular formula is C5H9O5Se. The summed E-state index contributed by atoms with van der Waals surface area (Å²) in [6.45, 7) is 0. The molecule has 1 radical (unpaired) electrons. The van der Waals surface area contributed by atoms with E-state index in [1.54, 1.807) is 0 Å². The Morgan fingerprint density at radius 2 is 1.45 bits per heavy atom. The van der Waals surface area contributed by atoms with Gasteiger partial charge in [-0.15, -0.1) is 0 Å². The van der Waals surface area contributed by atoms with Crippen molar-refractivity contribution in [2.45, 2.75) is 29.6 Å². The van der Waals surface area contributed by atoms with E-state index in [1.807, 2.05) is 0 Å². The van der Waals surface area contributed by atoms with Crippen LogP contribution in [-0.2, 0) is 4.74 Å². The van der Waals surface area contributed by atoms with Crippen molar-refractivity contribution in [3.8, 4) is 0 Å². The summed E-state index contributed by atoms with van der Waals surface area (Å²) in [7, 11) is 0. The van der Waals surface area contributed by atoms with E-state index in [9.17, 15) is 0 Å². The zero-order valence-corrected chi connectivity index (χ0v) is 7.21. The van der Waals surface area contributed by atoms with Crippen LogP contribution < -0.4 is 0 Å². The second kappa shape index (κ2) is 3.37. The number of ether oxygens (including phenoxy) is 1. The molecule has 1 heterocycles. The minimum absolute atomic E-state index is 0.789. The summed E-state index contributed by atoms with van der Waals surface area (Å²) in [6.07, 6.45) is -5.47. The van der Waals surface area contributed by atoms with Crippen LogP contribution in [-0.4, -0.2) is 66.0 Å². The number of hydrogen-bond acceptors (Lipinski definition) is 5. The molecule has 0 aromatic heterocycles. The van der Waals surface area contributed by atoms with Crippen molar-refractivity contribution >= 4 is 16.0 Å². The summed E-state index contributed by atoms with van der Waals surface area (Å²) in [4.78, 5) is 0. The van der Waals surface area contributed by atoms with Gasteiger partial charge in [0.1, 0.15) is 0 Å². The average Bonchev–Trinajstić information content (AvgIpc) is 1.97. The molecule has 0 aromatic carbocycles. The molecule has 5 unspecified atom stereocenters. The standard InChI is InChI=1S/C5H9O5Se/c6-1-2(7)4(9)10-5(11)3(1)8/h1-9H. The molecule has 11 heavy (non-hydrogen) atoms. The summed E-state index contributed by atoms with van der Waals surface area (Å²) < 4.78 is 4.62. The first kappa shape index (κ1) is 9.41. The molecule has 0 aromatic rings. The third-order valence-corrected chi connectivity index (χ3v) is 2.36. The molecule has 6 heteroatoms. The summed E-state index contributed by atoms with van der Waals surface area (Å²) in [5.74, 6) is 0. The van der Waals surface area contributed by atoms with Gasteiger partial charge in [0.25, 0.3) is 0 Å². The van der Waals surface area contributed by atoms with Gasteiger partial charge in [-0.2, -0.15) is 0 Å². The second-order valence-electron chi connectivity index (χ2n) is 2.37. The predicted octanol–water partition coefficient (Wildman–Crippen LogP) is -3.09. The average molecular weight is 228 g/mol. The van der Waals surface area contributed by atoms with E-state index < -0.39 is 29.6 Å². The molecule has 0 saturated carbocycles. The predicted molar refractivity (Wildman–Crippen MR) is 34.7 cm³/mol. The zero-order valence-electron chi connectivity index (χ0n) is 5.49. The van der Waals surface area contributed by atoms with Gasteiger partial charge in [-0.1, -0.05) is 0 Å². The molecule has 65 valence electrons. The normalized spacial score (nSPS) is 52.6. The zero-order chi connectivity index (χ0) is 8.59. The van der Waals surface area contributed by atoms with Crippen LogP contribution in [0.25, 0.3) is 0 Å². The van der Waals surface area contributed by atoms with E-state index >= 15 is 0 Å². The maximum absolute atomic E-state index is 9.06. The van der Waals surface area contributed by atoms with Crippen LogP contribution in [0.2, 0.25) is 0 Å². The molecule has 5 atom stereocenters. The molecule has 1 rings (SSSR count). The van der Waals surface area contributed by atoms with Crippen molar-refractivity contribution in [1.29, 1.82) is 0 Å². The van der Waals surface area contributed by atoms with E-state index in [4.69, 9.17) is 20.4 Å². The van der Waals surface area contributed by atoms with Crippen molar-refractivity contribution in [1.82, 2.24) is 0 Å². The van der Waals surface area contributed by atoms with Crippen LogP contribution in [0.4, 0.5) is 0 Å². The van der Waals surface area contributed by atoms with Crippen molar-refractivity contribution in [3.63, 3.8) is 0 Å². The van der Waals surface area contributed by atoms with Gasteiger partial charge in [-0.25, -0.2) is 0 Å². The molecule has 1 aliphatic heterocycles. The van der Waals surface area contributed by atoms with E-state index in [1.165, 1.54) is 0 Å². The number of aliphatic hydroxyl groups excluding tert-OH is 4. The van der Waals surface area contributed by atoms with Gasteiger partial charge in [0.2, 0.25) is 0 Å². The molecule has 1 fully saturated rings. The third kappa shape index (κ3) is 1.73. The Hall–Kier alpha value is 0.319. The van der Waals surface area contributed by atoms with Gasteiger partial charge < -0.3 is 0 Å². The first-order valence-corrected chi connectivity index (χ1v) is 4.06. The topological polar surface area (TPSA) is 90.2 Å². The Morgan fingerprint density at radius 1 is 0.909 bits per heavy atom. The first-order chi connectivity index (χ1) is 5.04. The van der Waals surface area contributed by atoms with Crippen molar-refractivity contribution in [2.75, 3.05) is 0 Å². The molecule has 5 nitrogen and oxygen atoms in total. The van der Waals surface area contributed by atoms with Gasteiger partial charge >= 0.3 is 70.8 Å². The van der Waals surface area contributed by atoms with Crippen LogP contribution in [0, 0.1) is 0 Å². The number of rotatable bonds is 0. The minimum atomic E-state index is -1.45. The number of aliphatic hydroxyl groups is 4. The Morgan fingerprint density at radius 3 is 2.00 bits per heavy atom. The van der Waals surface area contributed by atoms with Crippen LogP contribution >= 0.6 is 0 Å². The fourth-order valence-electron chi connectivity index (χ4n) is 0.830. The van der Waals surface area contributed by atoms with Gasteiger partial charge in [0, 0.05) is 0 Å². The molecule has 1 saturated heterocycles. The van der Waals surface area contributed by atoms with Crippen molar-refractivity contribution in [3.05, 3.63) is 0 Å². The van der Waals surface area contributed by atoms with Crippen molar-refractivity contribution in [2.24, 2.45) is 0 Å². The van der Waals surface area contributed by atoms with Crippen LogP contribution in [0.1, 0.15) is 0 Å². The Kier molecular flexibility index (Phi) is 2.88. The van der Waals surface area contributed by atoms with Gasteiger partial charge in [-0.3, -0.25) is 0 Å². The summed E-state index contributed by atoms with van der Waals surface area (Å²) in [5.41, 5.74) is 0. The van der Waals surface area contributed by atoms with E-state index in [0.29, 0.717) is 0 Å². The maximum atomic E-state index is 9.06. The molecule has 4 N–H and O–H groups in total. The quantitative estimate of drug-likeness (QED) is 0.330. The summed E-state index contributed by atoms with van der Waals surface area (Å²) in [6, 6.07) is 0. The van der Waals surface area contributed by atoms with E-state index in [-0.39, 0.29) is 0 Å². The monoisotopic (exact) mass is 229 g/mol. The molecule has 0 amide bonds. The van der Waals surface area contributed by atoms with E-state index in [2.05, 4.69) is 20.7 Å². The Bertz CT molecular complexity index is 129. The molecule has 0 spiro atoms. The third-order valence-electron chi connectivity index (χ3n) is 1.54. The SMILES string of the molecule is OC1OC([Se])C(O)C(O)C1O. The summed E-state index contributed by atoms with van der Waals surface area (Å²) in [5, 5.41) is 35.1. The van der Waals surface area contributed by atoms with Gasteiger partial charge in [0.15, 0.2) is 0 Å².